The van der Waals surface area contributed by atoms with Crippen molar-refractivity contribution in [2.75, 3.05) is 6.61 Å². The molecule has 0 atom stereocenters. The fraction of sp³-hybridized carbons (Fsp3) is 0.222. The molecule has 0 aliphatic heterocycles. The lowest BCUT2D eigenvalue weighted by atomic mass is 10.4. The van der Waals surface area contributed by atoms with E-state index >= 15 is 0 Å². The van der Waals surface area contributed by atoms with Gasteiger partial charge in [-0.3, -0.25) is 0 Å². The fourth-order valence-electron chi connectivity index (χ4n) is 0.351. The van der Waals surface area contributed by atoms with Crippen LogP contribution >= 0.6 is 0 Å². The van der Waals surface area contributed by atoms with E-state index in [9.17, 15) is 0 Å². The Kier molecular flexibility index (Phi) is 6.83. The summed E-state index contributed by atoms with van der Waals surface area (Å²) >= 11 is 0. The van der Waals surface area contributed by atoms with Crippen LogP contribution in [0.15, 0.2) is 30.5 Å². The van der Waals surface area contributed by atoms with Crippen LogP contribution in [0.5, 0.6) is 0 Å². The van der Waals surface area contributed by atoms with Crippen molar-refractivity contribution in [2.24, 2.45) is 0 Å². The molecule has 0 rings (SSSR count). The van der Waals surface area contributed by atoms with Crippen LogP contribution in [0.4, 0.5) is 0 Å². The average Bonchev–Trinajstić information content (AvgIpc) is 1.97. The van der Waals surface area contributed by atoms with Gasteiger partial charge >= 0.3 is 0 Å². The zero-order valence-corrected chi connectivity index (χ0v) is 5.80. The van der Waals surface area contributed by atoms with Gasteiger partial charge in [-0.2, -0.15) is 0 Å². The molecule has 10 heavy (non-hydrogen) atoms. The topological polar surface area (TPSA) is 20.2 Å². The van der Waals surface area contributed by atoms with Crippen molar-refractivity contribution in [2.45, 2.75) is 6.42 Å². The van der Waals surface area contributed by atoms with Crippen molar-refractivity contribution in [3.05, 3.63) is 30.5 Å². The maximum absolute atomic E-state index is 8.31. The smallest absolute Gasteiger partial charge is 0.0540 e. The molecule has 0 aromatic rings. The molecule has 0 fully saturated rings. The second-order valence-electron chi connectivity index (χ2n) is 1.52. The lowest BCUT2D eigenvalue weighted by molar-refractivity contribution is 0.305. The molecule has 0 heterocycles. The van der Waals surface area contributed by atoms with Gasteiger partial charge in [0.1, 0.15) is 0 Å². The molecule has 0 aromatic heterocycles. The van der Waals surface area contributed by atoms with Gasteiger partial charge in [0.2, 0.25) is 0 Å². The van der Waals surface area contributed by atoms with Crippen LogP contribution in [0.2, 0.25) is 0 Å². The highest BCUT2D eigenvalue weighted by Gasteiger charge is 1.66. The molecule has 0 saturated carbocycles. The van der Waals surface area contributed by atoms with Gasteiger partial charge in [0.15, 0.2) is 0 Å². The molecule has 52 valence electrons. The van der Waals surface area contributed by atoms with Crippen LogP contribution in [0.25, 0.3) is 0 Å². The minimum atomic E-state index is 0.123. The molecule has 0 saturated heterocycles. The monoisotopic (exact) mass is 134 g/mol. The number of aliphatic hydroxyl groups excluding tert-OH is 1. The summed E-state index contributed by atoms with van der Waals surface area (Å²) in [7, 11) is 0. The first-order valence-electron chi connectivity index (χ1n) is 3.02. The van der Waals surface area contributed by atoms with Gasteiger partial charge in [-0.05, 0) is 18.2 Å². The van der Waals surface area contributed by atoms with Gasteiger partial charge in [-0.15, -0.1) is 5.73 Å². The Bertz CT molecular complexity index is 197. The van der Waals surface area contributed by atoms with E-state index in [1.54, 1.807) is 18.2 Å². The number of hydrogen-bond donors (Lipinski definition) is 1. The third kappa shape index (κ3) is 6.78. The second-order valence-corrected chi connectivity index (χ2v) is 1.52. The normalized spacial score (nSPS) is 8.10. The van der Waals surface area contributed by atoms with Crippen LogP contribution < -0.4 is 0 Å². The lowest BCUT2D eigenvalue weighted by Crippen LogP contribution is -1.74. The summed E-state index contributed by atoms with van der Waals surface area (Å²) < 4.78 is 0. The molecule has 0 unspecified atom stereocenters. The van der Waals surface area contributed by atoms with E-state index in [1.165, 1.54) is 0 Å². The Balaban J connectivity index is 3.53. The second kappa shape index (κ2) is 7.78. The first-order valence-corrected chi connectivity index (χ1v) is 3.02. The molecular weight excluding hydrogens is 124 g/mol. The largest absolute Gasteiger partial charge is 0.395 e. The van der Waals surface area contributed by atoms with Crippen molar-refractivity contribution >= 4 is 0 Å². The van der Waals surface area contributed by atoms with Crippen molar-refractivity contribution < 1.29 is 5.11 Å². The van der Waals surface area contributed by atoms with Gasteiger partial charge in [0, 0.05) is 6.42 Å². The van der Waals surface area contributed by atoms with E-state index in [0.717, 1.165) is 0 Å². The Hall–Kier alpha value is -1.22. The third-order valence-corrected chi connectivity index (χ3v) is 0.733. The molecule has 0 amide bonds. The Labute approximate surface area is 61.4 Å². The molecule has 0 spiro atoms. The number of allylic oxidation sites excluding steroid dienone is 3. The van der Waals surface area contributed by atoms with Crippen LogP contribution in [0.1, 0.15) is 6.42 Å². The van der Waals surface area contributed by atoms with Crippen LogP contribution in [0.3, 0.4) is 0 Å². The van der Waals surface area contributed by atoms with Crippen molar-refractivity contribution in [3.63, 3.8) is 0 Å². The molecule has 1 N–H and O–H groups in total. The summed E-state index contributed by atoms with van der Waals surface area (Å²) in [5, 5.41) is 8.31. The number of rotatable bonds is 2. The molecule has 1 nitrogen and oxygen atoms in total. The molecular formula is C9H10O. The van der Waals surface area contributed by atoms with E-state index < -0.39 is 0 Å². The summed E-state index contributed by atoms with van der Waals surface area (Å²) in [5.41, 5.74) is 2.58. The predicted octanol–water partition coefficient (Wildman–Crippen LogP) is 1.27. The maximum atomic E-state index is 8.31. The van der Waals surface area contributed by atoms with Crippen molar-refractivity contribution in [3.8, 4) is 11.8 Å². The minimum Gasteiger partial charge on any atom is -0.395 e. The van der Waals surface area contributed by atoms with Crippen molar-refractivity contribution in [1.29, 1.82) is 0 Å². The average molecular weight is 134 g/mol. The summed E-state index contributed by atoms with van der Waals surface area (Å²) in [6.07, 6.45) is 5.64. The van der Waals surface area contributed by atoms with Gasteiger partial charge in [0.25, 0.3) is 0 Å². The first-order chi connectivity index (χ1) is 4.91. The van der Waals surface area contributed by atoms with Gasteiger partial charge in [0.05, 0.1) is 6.61 Å². The van der Waals surface area contributed by atoms with E-state index in [1.807, 2.05) is 0 Å². The highest BCUT2D eigenvalue weighted by molar-refractivity contribution is 5.19. The lowest BCUT2D eigenvalue weighted by Gasteiger charge is -1.73. The maximum Gasteiger partial charge on any atom is 0.0540 e. The molecule has 0 aliphatic rings. The Morgan fingerprint density at radius 1 is 1.50 bits per heavy atom. The van der Waals surface area contributed by atoms with Gasteiger partial charge in [-0.1, -0.05) is 18.4 Å². The first kappa shape index (κ1) is 8.78. The van der Waals surface area contributed by atoms with Crippen molar-refractivity contribution in [1.82, 2.24) is 0 Å². The van der Waals surface area contributed by atoms with Gasteiger partial charge in [-0.25, -0.2) is 0 Å². The Morgan fingerprint density at radius 2 is 2.30 bits per heavy atom. The minimum absolute atomic E-state index is 0.123. The number of aliphatic hydroxyl groups is 1. The quantitative estimate of drug-likeness (QED) is 0.342. The summed E-state index contributed by atoms with van der Waals surface area (Å²) in [4.78, 5) is 0. The SMILES string of the molecule is C=C=C/C=C\C#CCCO. The highest BCUT2D eigenvalue weighted by Crippen LogP contribution is 1.73. The van der Waals surface area contributed by atoms with E-state index in [4.69, 9.17) is 5.11 Å². The van der Waals surface area contributed by atoms with E-state index in [-0.39, 0.29) is 6.61 Å². The van der Waals surface area contributed by atoms with E-state index in [0.29, 0.717) is 6.42 Å². The predicted molar refractivity (Wildman–Crippen MR) is 42.3 cm³/mol. The molecule has 1 heteroatoms. The van der Waals surface area contributed by atoms with E-state index in [2.05, 4.69) is 24.2 Å². The molecule has 0 radical (unpaired) electrons. The molecule has 0 bridgehead atoms. The zero-order chi connectivity index (χ0) is 7.66. The van der Waals surface area contributed by atoms with Gasteiger partial charge < -0.3 is 5.11 Å². The summed E-state index contributed by atoms with van der Waals surface area (Å²) in [6, 6.07) is 0. The highest BCUT2D eigenvalue weighted by atomic mass is 16.2. The zero-order valence-electron chi connectivity index (χ0n) is 5.80. The summed E-state index contributed by atoms with van der Waals surface area (Å²) in [5.74, 6) is 5.47. The Morgan fingerprint density at radius 3 is 2.90 bits per heavy atom. The standard InChI is InChI=1S/C9H10O/c1-2-3-4-5-6-7-8-9-10/h3-5,10H,1,8-9H2/b5-4-. The van der Waals surface area contributed by atoms with Crippen LogP contribution in [-0.4, -0.2) is 11.7 Å². The third-order valence-electron chi connectivity index (χ3n) is 0.733. The van der Waals surface area contributed by atoms with Crippen LogP contribution in [-0.2, 0) is 0 Å². The molecule has 0 aromatic carbocycles. The number of hydrogen-bond acceptors (Lipinski definition) is 1. The van der Waals surface area contributed by atoms with Crippen LogP contribution in [0, 0.1) is 11.8 Å². The summed E-state index contributed by atoms with van der Waals surface area (Å²) in [6.45, 7) is 3.50. The fourth-order valence-corrected chi connectivity index (χ4v) is 0.351. The molecule has 0 aliphatic carbocycles.